The molecule has 1 aliphatic rings. The van der Waals surface area contributed by atoms with Gasteiger partial charge in [-0.15, -0.1) is 11.6 Å². The molecular formula is C16H22ClNO. The van der Waals surface area contributed by atoms with Gasteiger partial charge in [0.25, 0.3) is 0 Å². The molecule has 1 amide bonds. The molecule has 1 N–H and O–H groups in total. The highest BCUT2D eigenvalue weighted by Crippen LogP contribution is 2.27. The molecule has 1 fully saturated rings. The smallest absolute Gasteiger partial charge is 0.230 e. The van der Waals surface area contributed by atoms with Gasteiger partial charge in [0.1, 0.15) is 0 Å². The zero-order chi connectivity index (χ0) is 13.9. The number of alkyl halides is 1. The summed E-state index contributed by atoms with van der Waals surface area (Å²) in [6.07, 6.45) is 4.31. The lowest BCUT2D eigenvalue weighted by Gasteiger charge is -2.32. The predicted octanol–water partition coefficient (Wildman–Crippen LogP) is 3.63. The molecule has 2 rings (SSSR count). The van der Waals surface area contributed by atoms with Crippen molar-refractivity contribution < 1.29 is 4.79 Å². The first-order valence-corrected chi connectivity index (χ1v) is 7.46. The van der Waals surface area contributed by atoms with Crippen LogP contribution in [0.15, 0.2) is 30.3 Å². The maximum Gasteiger partial charge on any atom is 0.230 e. The molecule has 0 saturated heterocycles. The molecule has 1 aromatic carbocycles. The summed E-state index contributed by atoms with van der Waals surface area (Å²) in [5, 5.41) is 3.21. The average molecular weight is 280 g/mol. The second-order valence-corrected chi connectivity index (χ2v) is 6.43. The number of amides is 1. The highest BCUT2D eigenvalue weighted by molar-refractivity contribution is 6.21. The lowest BCUT2D eigenvalue weighted by Crippen LogP contribution is -2.49. The molecule has 1 aliphatic carbocycles. The van der Waals surface area contributed by atoms with Crippen LogP contribution >= 0.6 is 11.6 Å². The van der Waals surface area contributed by atoms with Crippen LogP contribution in [0.4, 0.5) is 0 Å². The maximum absolute atomic E-state index is 12.5. The number of halogens is 1. The lowest BCUT2D eigenvalue weighted by molar-refractivity contribution is -0.126. The third-order valence-electron chi connectivity index (χ3n) is 4.06. The Kier molecular flexibility index (Phi) is 4.51. The Morgan fingerprint density at radius 1 is 1.21 bits per heavy atom. The molecule has 2 unspecified atom stereocenters. The van der Waals surface area contributed by atoms with Gasteiger partial charge in [0.15, 0.2) is 0 Å². The van der Waals surface area contributed by atoms with E-state index in [1.165, 1.54) is 6.42 Å². The Bertz CT molecular complexity index is 430. The highest BCUT2D eigenvalue weighted by atomic mass is 35.5. The fourth-order valence-corrected chi connectivity index (χ4v) is 2.93. The maximum atomic E-state index is 12.5. The van der Waals surface area contributed by atoms with Crippen LogP contribution < -0.4 is 5.32 Å². The number of nitrogens with one attached hydrogen (secondary N) is 1. The SMILES string of the molecule is CC(C)(C(=O)NC1CCCCC1Cl)c1ccccc1. The molecule has 0 aromatic heterocycles. The first-order valence-electron chi connectivity index (χ1n) is 7.02. The summed E-state index contributed by atoms with van der Waals surface area (Å²) in [6.45, 7) is 3.92. The van der Waals surface area contributed by atoms with E-state index in [2.05, 4.69) is 5.32 Å². The lowest BCUT2D eigenvalue weighted by atomic mass is 9.83. The van der Waals surface area contributed by atoms with Crippen molar-refractivity contribution in [1.29, 1.82) is 0 Å². The van der Waals surface area contributed by atoms with Crippen molar-refractivity contribution in [2.45, 2.75) is 56.4 Å². The van der Waals surface area contributed by atoms with Crippen LogP contribution in [0.1, 0.15) is 45.1 Å². The fourth-order valence-electron chi connectivity index (χ4n) is 2.58. The number of benzene rings is 1. The molecule has 2 atom stereocenters. The van der Waals surface area contributed by atoms with Gasteiger partial charge >= 0.3 is 0 Å². The van der Waals surface area contributed by atoms with Crippen LogP contribution in [0.5, 0.6) is 0 Å². The van der Waals surface area contributed by atoms with Gasteiger partial charge in [-0.3, -0.25) is 4.79 Å². The Labute approximate surface area is 120 Å². The van der Waals surface area contributed by atoms with E-state index in [0.29, 0.717) is 0 Å². The molecule has 19 heavy (non-hydrogen) atoms. The van der Waals surface area contributed by atoms with Crippen molar-refractivity contribution in [3.05, 3.63) is 35.9 Å². The van der Waals surface area contributed by atoms with Crippen molar-refractivity contribution >= 4 is 17.5 Å². The Hall–Kier alpha value is -1.02. The largest absolute Gasteiger partial charge is 0.351 e. The van der Waals surface area contributed by atoms with Crippen LogP contribution in [0.2, 0.25) is 0 Å². The monoisotopic (exact) mass is 279 g/mol. The molecule has 0 bridgehead atoms. The van der Waals surface area contributed by atoms with Gasteiger partial charge in [-0.2, -0.15) is 0 Å². The Balaban J connectivity index is 2.06. The molecule has 0 radical (unpaired) electrons. The topological polar surface area (TPSA) is 29.1 Å². The highest BCUT2D eigenvalue weighted by Gasteiger charge is 2.33. The molecule has 3 heteroatoms. The third-order valence-corrected chi connectivity index (χ3v) is 4.58. The van der Waals surface area contributed by atoms with Gasteiger partial charge in [0, 0.05) is 6.04 Å². The minimum Gasteiger partial charge on any atom is -0.351 e. The summed E-state index contributed by atoms with van der Waals surface area (Å²) in [6, 6.07) is 10.0. The second-order valence-electron chi connectivity index (χ2n) is 5.87. The summed E-state index contributed by atoms with van der Waals surface area (Å²) in [7, 11) is 0. The van der Waals surface area contributed by atoms with Crippen LogP contribution in [-0.2, 0) is 10.2 Å². The van der Waals surface area contributed by atoms with Crippen molar-refractivity contribution in [3.63, 3.8) is 0 Å². The van der Waals surface area contributed by atoms with Gasteiger partial charge < -0.3 is 5.32 Å². The molecular weight excluding hydrogens is 258 g/mol. The zero-order valence-electron chi connectivity index (χ0n) is 11.7. The number of hydrogen-bond acceptors (Lipinski definition) is 1. The van der Waals surface area contributed by atoms with Gasteiger partial charge in [-0.05, 0) is 32.3 Å². The molecule has 1 saturated carbocycles. The van der Waals surface area contributed by atoms with Crippen molar-refractivity contribution in [3.8, 4) is 0 Å². The second kappa shape index (κ2) is 5.96. The van der Waals surface area contributed by atoms with Gasteiger partial charge in [0.2, 0.25) is 5.91 Å². The van der Waals surface area contributed by atoms with Crippen LogP contribution in [0, 0.1) is 0 Å². The normalized spacial score (nSPS) is 23.9. The van der Waals surface area contributed by atoms with E-state index < -0.39 is 5.41 Å². The number of rotatable bonds is 3. The van der Waals surface area contributed by atoms with E-state index >= 15 is 0 Å². The molecule has 0 heterocycles. The van der Waals surface area contributed by atoms with E-state index in [1.807, 2.05) is 44.2 Å². The van der Waals surface area contributed by atoms with Crippen LogP contribution in [0.3, 0.4) is 0 Å². The first kappa shape index (κ1) is 14.4. The summed E-state index contributed by atoms with van der Waals surface area (Å²) in [5.74, 6) is 0.0660. The summed E-state index contributed by atoms with van der Waals surface area (Å²) < 4.78 is 0. The third kappa shape index (κ3) is 3.30. The summed E-state index contributed by atoms with van der Waals surface area (Å²) in [5.41, 5.74) is 0.518. The van der Waals surface area contributed by atoms with Crippen molar-refractivity contribution in [2.75, 3.05) is 0 Å². The fraction of sp³-hybridized carbons (Fsp3) is 0.562. The minimum atomic E-state index is -0.519. The minimum absolute atomic E-state index is 0.0660. The molecule has 0 spiro atoms. The molecule has 2 nitrogen and oxygen atoms in total. The van der Waals surface area contributed by atoms with Crippen molar-refractivity contribution in [1.82, 2.24) is 5.32 Å². The molecule has 104 valence electrons. The number of carbonyl (C=O) groups is 1. The van der Waals surface area contributed by atoms with Gasteiger partial charge in [0.05, 0.1) is 10.8 Å². The Morgan fingerprint density at radius 2 is 1.84 bits per heavy atom. The Morgan fingerprint density at radius 3 is 2.47 bits per heavy atom. The van der Waals surface area contributed by atoms with Crippen LogP contribution in [0.25, 0.3) is 0 Å². The molecule has 1 aromatic rings. The quantitative estimate of drug-likeness (QED) is 0.841. The van der Waals surface area contributed by atoms with Gasteiger partial charge in [-0.1, -0.05) is 43.2 Å². The average Bonchev–Trinajstić information content (AvgIpc) is 2.42. The van der Waals surface area contributed by atoms with Crippen LogP contribution in [-0.4, -0.2) is 17.3 Å². The zero-order valence-corrected chi connectivity index (χ0v) is 12.4. The predicted molar refractivity (Wildman–Crippen MR) is 79.5 cm³/mol. The summed E-state index contributed by atoms with van der Waals surface area (Å²) >= 11 is 6.31. The van der Waals surface area contributed by atoms with E-state index in [4.69, 9.17) is 11.6 Å². The number of hydrogen-bond donors (Lipinski definition) is 1. The number of carbonyl (C=O) groups excluding carboxylic acids is 1. The van der Waals surface area contributed by atoms with Crippen molar-refractivity contribution in [2.24, 2.45) is 0 Å². The first-order chi connectivity index (χ1) is 9.01. The van der Waals surface area contributed by atoms with E-state index in [-0.39, 0.29) is 17.3 Å². The standard InChI is InChI=1S/C16H22ClNO/c1-16(2,12-8-4-3-5-9-12)15(19)18-14-11-7-6-10-13(14)17/h3-5,8-9,13-14H,6-7,10-11H2,1-2H3,(H,18,19). The van der Waals surface area contributed by atoms with E-state index in [0.717, 1.165) is 24.8 Å². The van der Waals surface area contributed by atoms with E-state index in [9.17, 15) is 4.79 Å². The van der Waals surface area contributed by atoms with Gasteiger partial charge in [-0.25, -0.2) is 0 Å². The van der Waals surface area contributed by atoms with E-state index in [1.54, 1.807) is 0 Å². The molecule has 0 aliphatic heterocycles. The summed E-state index contributed by atoms with van der Waals surface area (Å²) in [4.78, 5) is 12.5.